The van der Waals surface area contributed by atoms with E-state index in [1.165, 1.54) is 6.20 Å². The van der Waals surface area contributed by atoms with Crippen molar-refractivity contribution in [2.24, 2.45) is 0 Å². The minimum Gasteiger partial charge on any atom is -0.399 e. The van der Waals surface area contributed by atoms with Gasteiger partial charge in [0.05, 0.1) is 0 Å². The monoisotopic (exact) mass is 325 g/mol. The molecule has 0 bridgehead atoms. The van der Waals surface area contributed by atoms with Gasteiger partial charge in [-0.1, -0.05) is 6.42 Å². The molecule has 2 aromatic rings. The number of aromatic nitrogens is 1. The number of nitrogens with two attached hydrogens (primary N) is 1. The standard InChI is InChI=1S/C14H19N3O2S2/c1-20-13-4-2-3-12(13)17-21(18,19)14-8-16-11-6-5-9(15)7-10(11)14/h5-8,12-13,16-17H,2-4,15H2,1H3. The number of hydrogen-bond acceptors (Lipinski definition) is 4. The lowest BCUT2D eigenvalue weighted by Gasteiger charge is -2.18. The fourth-order valence-electron chi connectivity index (χ4n) is 2.94. The Morgan fingerprint density at radius 3 is 2.95 bits per heavy atom. The van der Waals surface area contributed by atoms with Gasteiger partial charge in [0.15, 0.2) is 0 Å². The number of nitrogen functional groups attached to an aromatic ring is 1. The van der Waals surface area contributed by atoms with Gasteiger partial charge in [0, 0.05) is 34.1 Å². The zero-order valence-corrected chi connectivity index (χ0v) is 13.4. The quantitative estimate of drug-likeness (QED) is 0.753. The largest absolute Gasteiger partial charge is 0.399 e. The maximum absolute atomic E-state index is 12.7. The van der Waals surface area contributed by atoms with Crippen LogP contribution in [0, 0.1) is 0 Å². The molecule has 4 N–H and O–H groups in total. The number of thioether (sulfide) groups is 1. The lowest BCUT2D eigenvalue weighted by Crippen LogP contribution is -2.38. The molecule has 1 fully saturated rings. The van der Waals surface area contributed by atoms with Gasteiger partial charge in [0.1, 0.15) is 4.90 Å². The third kappa shape index (κ3) is 2.77. The van der Waals surface area contributed by atoms with Gasteiger partial charge in [-0.25, -0.2) is 13.1 Å². The lowest BCUT2D eigenvalue weighted by molar-refractivity contribution is 0.556. The summed E-state index contributed by atoms with van der Waals surface area (Å²) in [5.74, 6) is 0. The van der Waals surface area contributed by atoms with E-state index in [2.05, 4.69) is 9.71 Å². The molecule has 1 saturated carbocycles. The van der Waals surface area contributed by atoms with Crippen molar-refractivity contribution in [1.82, 2.24) is 9.71 Å². The summed E-state index contributed by atoms with van der Waals surface area (Å²) < 4.78 is 28.2. The number of anilines is 1. The highest BCUT2D eigenvalue weighted by Crippen LogP contribution is 2.31. The average molecular weight is 325 g/mol. The minimum atomic E-state index is -3.54. The molecule has 1 aromatic carbocycles. The van der Waals surface area contributed by atoms with E-state index >= 15 is 0 Å². The Labute approximate surface area is 128 Å². The molecule has 1 heterocycles. The molecule has 0 amide bonds. The first-order valence-corrected chi connectivity index (χ1v) is 9.70. The Hall–Kier alpha value is -1.18. The number of sulfonamides is 1. The molecule has 2 unspecified atom stereocenters. The van der Waals surface area contributed by atoms with Gasteiger partial charge in [-0.05, 0) is 37.3 Å². The van der Waals surface area contributed by atoms with Crippen molar-refractivity contribution in [2.75, 3.05) is 12.0 Å². The Morgan fingerprint density at radius 2 is 2.19 bits per heavy atom. The van der Waals surface area contributed by atoms with E-state index in [0.717, 1.165) is 24.8 Å². The van der Waals surface area contributed by atoms with Crippen molar-refractivity contribution >= 4 is 38.4 Å². The van der Waals surface area contributed by atoms with Crippen molar-refractivity contribution in [3.63, 3.8) is 0 Å². The summed E-state index contributed by atoms with van der Waals surface area (Å²) in [6.45, 7) is 0. The van der Waals surface area contributed by atoms with Crippen LogP contribution in [0.5, 0.6) is 0 Å². The molecular weight excluding hydrogens is 306 g/mol. The SMILES string of the molecule is CSC1CCCC1NS(=O)(=O)c1c[nH]c2ccc(N)cc12. The van der Waals surface area contributed by atoms with Crippen molar-refractivity contribution in [1.29, 1.82) is 0 Å². The predicted molar refractivity (Wildman–Crippen MR) is 88.0 cm³/mol. The number of H-pyrrole nitrogens is 1. The molecule has 3 rings (SSSR count). The second-order valence-electron chi connectivity index (χ2n) is 5.39. The van der Waals surface area contributed by atoms with Gasteiger partial charge in [-0.15, -0.1) is 0 Å². The Bertz CT molecular complexity index is 755. The average Bonchev–Trinajstić information content (AvgIpc) is 3.04. The molecule has 5 nitrogen and oxygen atoms in total. The highest BCUT2D eigenvalue weighted by molar-refractivity contribution is 7.99. The molecule has 2 atom stereocenters. The molecule has 0 spiro atoms. The van der Waals surface area contributed by atoms with Crippen LogP contribution in [0.3, 0.4) is 0 Å². The molecule has 21 heavy (non-hydrogen) atoms. The third-order valence-electron chi connectivity index (χ3n) is 4.02. The first kappa shape index (κ1) is 14.7. The van der Waals surface area contributed by atoms with E-state index in [-0.39, 0.29) is 10.9 Å². The molecule has 0 saturated heterocycles. The van der Waals surface area contributed by atoms with Gasteiger partial charge in [0.2, 0.25) is 10.0 Å². The summed E-state index contributed by atoms with van der Waals surface area (Å²) in [5.41, 5.74) is 7.10. The normalized spacial score (nSPS) is 22.9. The molecule has 1 aliphatic carbocycles. The molecule has 0 radical (unpaired) electrons. The molecular formula is C14H19N3O2S2. The summed E-state index contributed by atoms with van der Waals surface area (Å²) in [5, 5.41) is 0.997. The van der Waals surface area contributed by atoms with Crippen molar-refractivity contribution in [2.45, 2.75) is 35.4 Å². The van der Waals surface area contributed by atoms with E-state index in [1.54, 1.807) is 30.0 Å². The Balaban J connectivity index is 1.95. The Morgan fingerprint density at radius 1 is 1.38 bits per heavy atom. The fourth-order valence-corrected chi connectivity index (χ4v) is 5.44. The number of nitrogens with one attached hydrogen (secondary N) is 2. The van der Waals surface area contributed by atoms with Crippen LogP contribution < -0.4 is 10.5 Å². The predicted octanol–water partition coefficient (Wildman–Crippen LogP) is 2.31. The number of aromatic amines is 1. The number of rotatable bonds is 4. The summed E-state index contributed by atoms with van der Waals surface area (Å²) in [4.78, 5) is 3.27. The van der Waals surface area contributed by atoms with Gasteiger partial charge in [-0.3, -0.25) is 0 Å². The van der Waals surface area contributed by atoms with Gasteiger partial charge >= 0.3 is 0 Å². The van der Waals surface area contributed by atoms with E-state index in [4.69, 9.17) is 5.73 Å². The van der Waals surface area contributed by atoms with E-state index in [1.807, 2.05) is 6.26 Å². The van der Waals surface area contributed by atoms with Crippen LogP contribution in [0.4, 0.5) is 5.69 Å². The minimum absolute atomic E-state index is 0.0102. The van der Waals surface area contributed by atoms with Crippen LogP contribution in [-0.4, -0.2) is 30.9 Å². The maximum atomic E-state index is 12.7. The maximum Gasteiger partial charge on any atom is 0.242 e. The van der Waals surface area contributed by atoms with Gasteiger partial charge in [-0.2, -0.15) is 11.8 Å². The van der Waals surface area contributed by atoms with Crippen LogP contribution >= 0.6 is 11.8 Å². The van der Waals surface area contributed by atoms with E-state index in [9.17, 15) is 8.42 Å². The molecule has 1 aromatic heterocycles. The summed E-state index contributed by atoms with van der Waals surface area (Å²) in [6, 6.07) is 5.25. The third-order valence-corrected chi connectivity index (χ3v) is 6.72. The highest BCUT2D eigenvalue weighted by Gasteiger charge is 2.31. The number of hydrogen-bond donors (Lipinski definition) is 3. The highest BCUT2D eigenvalue weighted by atomic mass is 32.2. The van der Waals surface area contributed by atoms with Crippen LogP contribution in [0.15, 0.2) is 29.3 Å². The summed E-state index contributed by atoms with van der Waals surface area (Å²) in [7, 11) is -3.54. The van der Waals surface area contributed by atoms with Crippen molar-refractivity contribution < 1.29 is 8.42 Å². The molecule has 7 heteroatoms. The summed E-state index contributed by atoms with van der Waals surface area (Å²) in [6.07, 6.45) is 6.60. The fraction of sp³-hybridized carbons (Fsp3) is 0.429. The van der Waals surface area contributed by atoms with Crippen LogP contribution in [0.1, 0.15) is 19.3 Å². The molecule has 114 valence electrons. The topological polar surface area (TPSA) is 88.0 Å². The second kappa shape index (κ2) is 5.55. The smallest absolute Gasteiger partial charge is 0.242 e. The van der Waals surface area contributed by atoms with Crippen LogP contribution in [-0.2, 0) is 10.0 Å². The van der Waals surface area contributed by atoms with Crippen molar-refractivity contribution in [3.05, 3.63) is 24.4 Å². The first-order chi connectivity index (χ1) is 10.0. The first-order valence-electron chi connectivity index (χ1n) is 6.93. The van der Waals surface area contributed by atoms with Crippen LogP contribution in [0.2, 0.25) is 0 Å². The number of fused-ring (bicyclic) bond motifs is 1. The second-order valence-corrected chi connectivity index (χ2v) is 8.15. The summed E-state index contributed by atoms with van der Waals surface area (Å²) >= 11 is 1.73. The van der Waals surface area contributed by atoms with Crippen LogP contribution in [0.25, 0.3) is 10.9 Å². The molecule has 1 aliphatic rings. The van der Waals surface area contributed by atoms with E-state index < -0.39 is 10.0 Å². The number of benzene rings is 1. The zero-order valence-electron chi connectivity index (χ0n) is 11.8. The van der Waals surface area contributed by atoms with Gasteiger partial charge < -0.3 is 10.7 Å². The Kier molecular flexibility index (Phi) is 3.90. The zero-order chi connectivity index (χ0) is 15.0. The van der Waals surface area contributed by atoms with Gasteiger partial charge in [0.25, 0.3) is 0 Å². The lowest BCUT2D eigenvalue weighted by atomic mass is 10.2. The van der Waals surface area contributed by atoms with Crippen molar-refractivity contribution in [3.8, 4) is 0 Å². The molecule has 0 aliphatic heterocycles. The van der Waals surface area contributed by atoms with E-state index in [0.29, 0.717) is 16.3 Å².